The number of urea groups is 1. The van der Waals surface area contributed by atoms with Gasteiger partial charge in [-0.1, -0.05) is 0 Å². The van der Waals surface area contributed by atoms with E-state index >= 15 is 0 Å². The SMILES string of the molecule is COC(=O)C[C@H]1C(=O)NCC[NH+]1CC(=O)NC(=O)NC(C)(C)C. The Balaban J connectivity index is 2.61. The number of rotatable bonds is 4. The fourth-order valence-corrected chi connectivity index (χ4v) is 2.28. The molecule has 1 heterocycles. The zero-order chi connectivity index (χ0) is 17.6. The van der Waals surface area contributed by atoms with Crippen molar-refractivity contribution in [3.63, 3.8) is 0 Å². The quantitative estimate of drug-likeness (QED) is 0.427. The molecule has 1 aliphatic rings. The monoisotopic (exact) mass is 329 g/mol. The summed E-state index contributed by atoms with van der Waals surface area (Å²) in [6, 6.07) is -1.29. The number of quaternary nitrogens is 1. The van der Waals surface area contributed by atoms with Gasteiger partial charge in [-0.25, -0.2) is 4.79 Å². The van der Waals surface area contributed by atoms with Crippen LogP contribution in [0.2, 0.25) is 0 Å². The number of carbonyl (C=O) groups excluding carboxylic acids is 4. The molecule has 2 atom stereocenters. The molecule has 0 aromatic carbocycles. The number of amides is 4. The molecule has 1 unspecified atom stereocenters. The van der Waals surface area contributed by atoms with E-state index in [2.05, 4.69) is 20.7 Å². The van der Waals surface area contributed by atoms with Crippen molar-refractivity contribution in [1.82, 2.24) is 16.0 Å². The van der Waals surface area contributed by atoms with Gasteiger partial charge in [0.05, 0.1) is 20.2 Å². The molecule has 4 N–H and O–H groups in total. The van der Waals surface area contributed by atoms with E-state index in [1.165, 1.54) is 7.11 Å². The van der Waals surface area contributed by atoms with E-state index in [-0.39, 0.29) is 18.9 Å². The number of nitrogens with one attached hydrogen (secondary N) is 4. The Morgan fingerprint density at radius 2 is 2.00 bits per heavy atom. The first kappa shape index (κ1) is 18.9. The number of methoxy groups -OCH3 is 1. The van der Waals surface area contributed by atoms with Crippen molar-refractivity contribution in [2.75, 3.05) is 26.7 Å². The van der Waals surface area contributed by atoms with Crippen molar-refractivity contribution in [2.24, 2.45) is 0 Å². The zero-order valence-corrected chi connectivity index (χ0v) is 13.9. The number of imide groups is 1. The Morgan fingerprint density at radius 3 is 2.57 bits per heavy atom. The van der Waals surface area contributed by atoms with Gasteiger partial charge in [0.2, 0.25) is 0 Å². The fraction of sp³-hybridized carbons (Fsp3) is 0.714. The second kappa shape index (κ2) is 7.91. The lowest BCUT2D eigenvalue weighted by Crippen LogP contribution is -3.20. The minimum atomic E-state index is -0.701. The van der Waals surface area contributed by atoms with Crippen LogP contribution >= 0.6 is 0 Å². The average molecular weight is 329 g/mol. The van der Waals surface area contributed by atoms with Crippen molar-refractivity contribution in [3.05, 3.63) is 0 Å². The topological polar surface area (TPSA) is 118 Å². The first-order chi connectivity index (χ1) is 10.6. The van der Waals surface area contributed by atoms with Crippen molar-refractivity contribution in [3.8, 4) is 0 Å². The summed E-state index contributed by atoms with van der Waals surface area (Å²) in [6.07, 6.45) is -0.112. The molecule has 0 aromatic rings. The lowest BCUT2D eigenvalue weighted by Gasteiger charge is -2.30. The van der Waals surface area contributed by atoms with Gasteiger partial charge in [0.1, 0.15) is 6.42 Å². The van der Waals surface area contributed by atoms with Crippen LogP contribution in [-0.4, -0.2) is 62.1 Å². The first-order valence-electron chi connectivity index (χ1n) is 7.43. The van der Waals surface area contributed by atoms with Crippen LogP contribution in [0, 0.1) is 0 Å². The Labute approximate surface area is 135 Å². The van der Waals surface area contributed by atoms with Gasteiger partial charge in [-0.05, 0) is 20.8 Å². The number of hydrogen-bond acceptors (Lipinski definition) is 5. The molecule has 1 saturated heterocycles. The number of piperazine rings is 1. The van der Waals surface area contributed by atoms with E-state index in [0.717, 1.165) is 0 Å². The molecular weight excluding hydrogens is 304 g/mol. The van der Waals surface area contributed by atoms with Gasteiger partial charge in [-0.15, -0.1) is 0 Å². The van der Waals surface area contributed by atoms with Crippen LogP contribution in [0.15, 0.2) is 0 Å². The largest absolute Gasteiger partial charge is 0.469 e. The molecule has 0 spiro atoms. The predicted molar refractivity (Wildman–Crippen MR) is 80.6 cm³/mol. The van der Waals surface area contributed by atoms with Crippen LogP contribution in [0.3, 0.4) is 0 Å². The van der Waals surface area contributed by atoms with E-state index in [0.29, 0.717) is 18.0 Å². The van der Waals surface area contributed by atoms with E-state index in [4.69, 9.17) is 0 Å². The van der Waals surface area contributed by atoms with Gasteiger partial charge in [-0.3, -0.25) is 19.7 Å². The molecule has 0 radical (unpaired) electrons. The molecule has 1 rings (SSSR count). The molecule has 9 nitrogen and oxygen atoms in total. The summed E-state index contributed by atoms with van der Waals surface area (Å²) >= 11 is 0. The van der Waals surface area contributed by atoms with Crippen LogP contribution in [0.1, 0.15) is 27.2 Å². The highest BCUT2D eigenvalue weighted by Gasteiger charge is 2.37. The van der Waals surface area contributed by atoms with E-state index in [1.807, 2.05) is 0 Å². The number of carbonyl (C=O) groups is 4. The van der Waals surface area contributed by atoms with Crippen LogP contribution in [0.25, 0.3) is 0 Å². The average Bonchev–Trinajstić information content (AvgIpc) is 2.39. The highest BCUT2D eigenvalue weighted by molar-refractivity contribution is 5.95. The van der Waals surface area contributed by atoms with Crippen molar-refractivity contribution >= 4 is 23.8 Å². The maximum atomic E-state index is 12.0. The smallest absolute Gasteiger partial charge is 0.322 e. The molecule has 1 aliphatic heterocycles. The van der Waals surface area contributed by atoms with Crippen molar-refractivity contribution in [2.45, 2.75) is 38.8 Å². The summed E-state index contributed by atoms with van der Waals surface area (Å²) in [5.41, 5.74) is -0.463. The predicted octanol–water partition coefficient (Wildman–Crippen LogP) is -2.44. The Morgan fingerprint density at radius 1 is 1.35 bits per heavy atom. The minimum Gasteiger partial charge on any atom is -0.469 e. The highest BCUT2D eigenvalue weighted by Crippen LogP contribution is 1.97. The Kier molecular flexibility index (Phi) is 6.49. The molecule has 130 valence electrons. The summed E-state index contributed by atoms with van der Waals surface area (Å²) < 4.78 is 4.58. The van der Waals surface area contributed by atoms with Gasteiger partial charge >= 0.3 is 12.0 Å². The van der Waals surface area contributed by atoms with Crippen LogP contribution in [0.4, 0.5) is 4.79 Å². The summed E-state index contributed by atoms with van der Waals surface area (Å²) in [7, 11) is 1.24. The molecule has 0 aliphatic carbocycles. The number of esters is 1. The van der Waals surface area contributed by atoms with Crippen molar-refractivity contribution in [1.29, 1.82) is 0 Å². The van der Waals surface area contributed by atoms with Crippen LogP contribution in [0.5, 0.6) is 0 Å². The molecule has 0 bridgehead atoms. The normalized spacial score (nSPS) is 21.1. The third-order valence-electron chi connectivity index (χ3n) is 3.28. The summed E-state index contributed by atoms with van der Waals surface area (Å²) in [4.78, 5) is 47.6. The second-order valence-corrected chi connectivity index (χ2v) is 6.46. The fourth-order valence-electron chi connectivity index (χ4n) is 2.28. The maximum Gasteiger partial charge on any atom is 0.322 e. The summed E-state index contributed by atoms with van der Waals surface area (Å²) in [5.74, 6) is -1.33. The standard InChI is InChI=1S/C14H24N4O5/c1-14(2,3)17-13(22)16-10(19)8-18-6-5-15-12(21)9(18)7-11(20)23-4/h9H,5-8H2,1-4H3,(H,15,21)(H2,16,17,19,22)/p+1/t9-/m0/s1. The third kappa shape index (κ3) is 6.64. The van der Waals surface area contributed by atoms with E-state index in [1.54, 1.807) is 20.8 Å². The number of ether oxygens (including phenoxy) is 1. The molecule has 0 aromatic heterocycles. The Bertz CT molecular complexity index is 486. The van der Waals surface area contributed by atoms with E-state index < -0.39 is 29.5 Å². The lowest BCUT2D eigenvalue weighted by molar-refractivity contribution is -0.909. The summed E-state index contributed by atoms with van der Waals surface area (Å²) in [5, 5.41) is 7.50. The minimum absolute atomic E-state index is 0.0767. The second-order valence-electron chi connectivity index (χ2n) is 6.46. The molecule has 23 heavy (non-hydrogen) atoms. The highest BCUT2D eigenvalue weighted by atomic mass is 16.5. The number of hydrogen-bond donors (Lipinski definition) is 4. The van der Waals surface area contributed by atoms with Crippen molar-refractivity contribution < 1.29 is 28.8 Å². The van der Waals surface area contributed by atoms with Gasteiger partial charge < -0.3 is 20.3 Å². The van der Waals surface area contributed by atoms with Gasteiger partial charge in [0.15, 0.2) is 12.6 Å². The Hall–Kier alpha value is -2.16. The van der Waals surface area contributed by atoms with E-state index in [9.17, 15) is 19.2 Å². The van der Waals surface area contributed by atoms with Crippen LogP contribution < -0.4 is 20.9 Å². The molecule has 0 saturated carbocycles. The molecular formula is C14H25N4O5+. The molecule has 1 fully saturated rings. The zero-order valence-electron chi connectivity index (χ0n) is 13.9. The van der Waals surface area contributed by atoms with Gasteiger partial charge in [0.25, 0.3) is 11.8 Å². The van der Waals surface area contributed by atoms with Gasteiger partial charge in [-0.2, -0.15) is 0 Å². The molecule has 9 heteroatoms. The lowest BCUT2D eigenvalue weighted by atomic mass is 10.1. The summed E-state index contributed by atoms with van der Waals surface area (Å²) in [6.45, 7) is 6.21. The third-order valence-corrected chi connectivity index (χ3v) is 3.28. The first-order valence-corrected chi connectivity index (χ1v) is 7.43. The van der Waals surface area contributed by atoms with Crippen LogP contribution in [-0.2, 0) is 19.1 Å². The maximum absolute atomic E-state index is 12.0. The molecule has 4 amide bonds. The van der Waals surface area contributed by atoms with Gasteiger partial charge in [0, 0.05) is 5.54 Å².